The van der Waals surface area contributed by atoms with Gasteiger partial charge in [-0.15, -0.1) is 0 Å². The van der Waals surface area contributed by atoms with Crippen molar-refractivity contribution in [3.63, 3.8) is 0 Å². The molecule has 0 aliphatic carbocycles. The van der Waals surface area contributed by atoms with Gasteiger partial charge in [-0.25, -0.2) is 0 Å². The standard InChI is InChI=1S/C33H42O19/c1-11-21(38)24(41)27(44)31(47-11)46-10-20-23(40)26(43)30(52-32-28(45)25(42)22(39)19(9-34)50-32)33(51-20)49-18-8-15-16(37)6-14(36)7-17(15)48-29(18)12-2-4-13(35)5-3-12/h2-8,11,19-45H,9-10H2,1H3/p+1/t11-,19+,20-,21-,22+,23+,24-,25-,26-,27+,28+,29?,30-,31+,32-,33+/m0/s1. The van der Waals surface area contributed by atoms with Gasteiger partial charge in [0.2, 0.25) is 6.29 Å². The predicted octanol–water partition coefficient (Wildman–Crippen LogP) is -3.37. The van der Waals surface area contributed by atoms with Crippen LogP contribution in [0.4, 0.5) is 0 Å². The Kier molecular flexibility index (Phi) is 11.5. The number of aliphatic hydroxyl groups excluding tert-OH is 9. The van der Waals surface area contributed by atoms with E-state index >= 15 is 0 Å². The van der Waals surface area contributed by atoms with Gasteiger partial charge in [-0.1, -0.05) is 0 Å². The van der Waals surface area contributed by atoms with Crippen molar-refractivity contribution in [3.05, 3.63) is 53.3 Å². The average molecular weight is 744 g/mol. The summed E-state index contributed by atoms with van der Waals surface area (Å²) in [6.07, 6.45) is -24.4. The van der Waals surface area contributed by atoms with Crippen LogP contribution in [0.25, 0.3) is 6.08 Å². The Morgan fingerprint density at radius 3 is 2.00 bits per heavy atom. The van der Waals surface area contributed by atoms with Crippen molar-refractivity contribution < 1.29 is 94.4 Å². The number of fused-ring (bicyclic) bond motifs is 1. The summed E-state index contributed by atoms with van der Waals surface area (Å²) in [5.74, 6) is -0.609. The molecule has 4 heterocycles. The van der Waals surface area contributed by atoms with Gasteiger partial charge in [0.15, 0.2) is 24.4 Å². The smallest absolute Gasteiger partial charge is 0.270 e. The lowest BCUT2D eigenvalue weighted by Crippen LogP contribution is -2.65. The largest absolute Gasteiger partial charge is 0.571 e. The fraction of sp³-hybridized carbons (Fsp3) is 0.576. The molecule has 288 valence electrons. The number of phenols is 3. The first-order chi connectivity index (χ1) is 24.7. The van der Waals surface area contributed by atoms with E-state index in [9.17, 15) is 61.3 Å². The molecule has 19 heteroatoms. The quantitative estimate of drug-likeness (QED) is 0.112. The van der Waals surface area contributed by atoms with Crippen LogP contribution in [-0.4, -0.2) is 171 Å². The van der Waals surface area contributed by atoms with Crippen LogP contribution in [0.15, 0.2) is 42.2 Å². The van der Waals surface area contributed by atoms with E-state index in [4.69, 9.17) is 28.4 Å². The van der Waals surface area contributed by atoms with Crippen molar-refractivity contribution in [2.45, 2.75) is 105 Å². The van der Waals surface area contributed by atoms with Crippen LogP contribution in [0.5, 0.6) is 23.0 Å². The van der Waals surface area contributed by atoms with Gasteiger partial charge in [0.1, 0.15) is 83.9 Å². The molecular formula is C33H43O19+. The Labute approximate surface area is 295 Å². The van der Waals surface area contributed by atoms with Crippen LogP contribution in [0.3, 0.4) is 0 Å². The maximum absolute atomic E-state index is 11.4. The molecule has 0 radical (unpaired) electrons. The molecule has 0 bridgehead atoms. The molecule has 3 fully saturated rings. The molecule has 19 nitrogen and oxygen atoms in total. The summed E-state index contributed by atoms with van der Waals surface area (Å²) < 4.78 is 39.3. The fourth-order valence-corrected chi connectivity index (χ4v) is 6.37. The summed E-state index contributed by atoms with van der Waals surface area (Å²) in [4.78, 5) is 0. The highest BCUT2D eigenvalue weighted by Gasteiger charge is 2.53. The fourth-order valence-electron chi connectivity index (χ4n) is 6.37. The van der Waals surface area contributed by atoms with Crippen LogP contribution in [0.1, 0.15) is 24.2 Å². The van der Waals surface area contributed by atoms with E-state index < -0.39 is 111 Å². The maximum Gasteiger partial charge on any atom is 0.270 e. The molecule has 2 aromatic carbocycles. The van der Waals surface area contributed by atoms with Gasteiger partial charge in [0, 0.05) is 12.1 Å². The van der Waals surface area contributed by atoms with Gasteiger partial charge in [-0.05, 0) is 31.2 Å². The molecule has 13 N–H and O–H groups in total. The third kappa shape index (κ3) is 7.52. The molecule has 4 aliphatic rings. The Bertz CT molecular complexity index is 1550. The summed E-state index contributed by atoms with van der Waals surface area (Å²) in [5.41, 5.74) is 0.558. The lowest BCUT2D eigenvalue weighted by atomic mass is 9.97. The van der Waals surface area contributed by atoms with Crippen LogP contribution < -0.4 is 0 Å². The van der Waals surface area contributed by atoms with Crippen molar-refractivity contribution in [1.82, 2.24) is 0 Å². The zero-order chi connectivity index (χ0) is 37.6. The molecule has 4 aliphatic heterocycles. The number of hydrogen-bond acceptors (Lipinski definition) is 18. The lowest BCUT2D eigenvalue weighted by Gasteiger charge is -2.46. The van der Waals surface area contributed by atoms with E-state index in [1.54, 1.807) is 0 Å². The van der Waals surface area contributed by atoms with Crippen LogP contribution >= 0.6 is 0 Å². The van der Waals surface area contributed by atoms with E-state index in [2.05, 4.69) is 4.74 Å². The normalized spacial score (nSPS) is 40.7. The van der Waals surface area contributed by atoms with Crippen LogP contribution in [0, 0.1) is 0 Å². The second-order valence-electron chi connectivity index (χ2n) is 13.0. The third-order valence-corrected chi connectivity index (χ3v) is 9.42. The summed E-state index contributed by atoms with van der Waals surface area (Å²) in [6.45, 7) is 0.0361. The third-order valence-electron chi connectivity index (χ3n) is 9.42. The Morgan fingerprint density at radius 2 is 1.31 bits per heavy atom. The van der Waals surface area contributed by atoms with Crippen molar-refractivity contribution in [1.29, 1.82) is 0 Å². The first-order valence-corrected chi connectivity index (χ1v) is 16.4. The van der Waals surface area contributed by atoms with E-state index in [0.717, 1.165) is 6.07 Å². The number of ether oxygens (including phenoxy) is 7. The van der Waals surface area contributed by atoms with Gasteiger partial charge in [-0.2, -0.15) is 0 Å². The summed E-state index contributed by atoms with van der Waals surface area (Å²) in [5, 5.41) is 125. The highest BCUT2D eigenvalue weighted by molar-refractivity contribution is 5.69. The summed E-state index contributed by atoms with van der Waals surface area (Å²) >= 11 is 0. The topological polar surface area (TPSA) is 311 Å². The first kappa shape index (κ1) is 38.3. The average Bonchev–Trinajstić information content (AvgIpc) is 3.12. The van der Waals surface area contributed by atoms with Crippen molar-refractivity contribution in [2.75, 3.05) is 13.2 Å². The van der Waals surface area contributed by atoms with Crippen molar-refractivity contribution in [3.8, 4) is 23.0 Å². The van der Waals surface area contributed by atoms with Crippen LogP contribution in [0.2, 0.25) is 0 Å². The second-order valence-corrected chi connectivity index (χ2v) is 13.0. The van der Waals surface area contributed by atoms with E-state index in [0.29, 0.717) is 5.56 Å². The van der Waals surface area contributed by atoms with Gasteiger partial charge < -0.3 is 94.4 Å². The molecule has 6 rings (SSSR count). The summed E-state index contributed by atoms with van der Waals surface area (Å²) in [7, 11) is 0. The highest BCUT2D eigenvalue weighted by Crippen LogP contribution is 2.46. The van der Waals surface area contributed by atoms with Crippen LogP contribution in [-0.2, 0) is 28.4 Å². The molecule has 1 unspecified atom stereocenters. The monoisotopic (exact) mass is 743 g/mol. The summed E-state index contributed by atoms with van der Waals surface area (Å²) in [6, 6.07) is 8.17. The minimum absolute atomic E-state index is 0.0492. The molecule has 0 amide bonds. The van der Waals surface area contributed by atoms with Crippen molar-refractivity contribution in [2.24, 2.45) is 0 Å². The molecule has 0 spiro atoms. The number of phenolic OH excluding ortho intramolecular Hbond substituents is 3. The number of benzene rings is 2. The predicted molar refractivity (Wildman–Crippen MR) is 169 cm³/mol. The maximum atomic E-state index is 11.4. The minimum Gasteiger partial charge on any atom is -0.571 e. The highest BCUT2D eigenvalue weighted by atomic mass is 16.8. The van der Waals surface area contributed by atoms with Crippen molar-refractivity contribution >= 4 is 6.08 Å². The second kappa shape index (κ2) is 15.5. The van der Waals surface area contributed by atoms with Gasteiger partial charge in [0.05, 0.1) is 30.9 Å². The minimum atomic E-state index is -1.94. The zero-order valence-corrected chi connectivity index (χ0v) is 27.5. The van der Waals surface area contributed by atoms with Gasteiger partial charge in [0.25, 0.3) is 11.9 Å². The Balaban J connectivity index is 1.33. The Hall–Kier alpha value is -3.38. The SMILES string of the molecule is C[C@@H]1O[C@@H](OC[C@@H]2O[C@@H](OC3=Cc4c(O)cc(O)cc4[OH+]C3c3ccc(O)cc3)[C@@H](O[C@@H]3O[C@H](CO)[C@@H](O)[C@H](O)[C@H]3O)[C@@H](O)[C@@H]2O)[C@H](O)[C@@H](O)[C@H]1O. The number of aliphatic hydroxyl groups is 10. The zero-order valence-electron chi connectivity index (χ0n) is 27.5. The number of hydrogen-bond donors (Lipinski definition) is 12. The van der Waals surface area contributed by atoms with E-state index in [1.165, 1.54) is 43.3 Å². The molecule has 3 saturated heterocycles. The molecule has 0 aromatic heterocycles. The molecule has 2 aromatic rings. The number of rotatable bonds is 9. The molecule has 0 saturated carbocycles. The first-order valence-electron chi connectivity index (χ1n) is 16.4. The van der Waals surface area contributed by atoms with Gasteiger partial charge in [-0.3, -0.25) is 0 Å². The number of aromatic hydroxyl groups is 4. The van der Waals surface area contributed by atoms with E-state index in [-0.39, 0.29) is 34.3 Å². The Morgan fingerprint density at radius 1 is 0.673 bits per heavy atom. The molecule has 16 atom stereocenters. The van der Waals surface area contributed by atoms with Gasteiger partial charge >= 0.3 is 0 Å². The lowest BCUT2D eigenvalue weighted by molar-refractivity contribution is -0.369. The molecular weight excluding hydrogens is 700 g/mol. The molecule has 52 heavy (non-hydrogen) atoms. The van der Waals surface area contributed by atoms with E-state index in [1.807, 2.05) is 0 Å².